The van der Waals surface area contributed by atoms with Gasteiger partial charge in [0.1, 0.15) is 11.3 Å². The highest BCUT2D eigenvalue weighted by atomic mass is 16.3. The summed E-state index contributed by atoms with van der Waals surface area (Å²) >= 11 is 0. The van der Waals surface area contributed by atoms with Gasteiger partial charge < -0.3 is 5.11 Å². The van der Waals surface area contributed by atoms with Crippen LogP contribution >= 0.6 is 0 Å². The van der Waals surface area contributed by atoms with E-state index in [1.54, 1.807) is 6.07 Å². The van der Waals surface area contributed by atoms with Crippen molar-refractivity contribution in [2.24, 2.45) is 0 Å². The van der Waals surface area contributed by atoms with E-state index in [0.29, 0.717) is 5.52 Å². The molecule has 0 aliphatic carbocycles. The fourth-order valence-corrected chi connectivity index (χ4v) is 4.32. The van der Waals surface area contributed by atoms with Gasteiger partial charge in [0.25, 0.3) is 0 Å². The maximum absolute atomic E-state index is 10.1. The van der Waals surface area contributed by atoms with Crippen molar-refractivity contribution in [1.82, 2.24) is 4.98 Å². The van der Waals surface area contributed by atoms with Gasteiger partial charge in [-0.25, -0.2) is 4.98 Å². The highest BCUT2D eigenvalue weighted by Crippen LogP contribution is 2.36. The van der Waals surface area contributed by atoms with Crippen LogP contribution in [0.5, 0.6) is 5.75 Å². The van der Waals surface area contributed by atoms with Crippen LogP contribution in [0.1, 0.15) is 11.3 Å². The van der Waals surface area contributed by atoms with Crippen LogP contribution in [0.15, 0.2) is 84.9 Å². The SMILES string of the molecule is Oc1cccc2ccc(C=Cc3ccc4ccc5cccc6ccc3c4c56)nc12. The van der Waals surface area contributed by atoms with Crippen molar-refractivity contribution in [3.05, 3.63) is 96.2 Å². The van der Waals surface area contributed by atoms with Gasteiger partial charge >= 0.3 is 0 Å². The Labute approximate surface area is 167 Å². The fourth-order valence-electron chi connectivity index (χ4n) is 4.32. The largest absolute Gasteiger partial charge is 0.506 e. The topological polar surface area (TPSA) is 33.1 Å². The molecule has 0 aliphatic rings. The second-order valence-corrected chi connectivity index (χ2v) is 7.43. The van der Waals surface area contributed by atoms with E-state index in [9.17, 15) is 5.11 Å². The predicted molar refractivity (Wildman–Crippen MR) is 122 cm³/mol. The summed E-state index contributed by atoms with van der Waals surface area (Å²) in [6.07, 6.45) is 4.12. The van der Waals surface area contributed by atoms with Crippen molar-refractivity contribution < 1.29 is 5.11 Å². The molecular formula is C27H17NO. The smallest absolute Gasteiger partial charge is 0.141 e. The second-order valence-electron chi connectivity index (χ2n) is 7.43. The molecule has 2 nitrogen and oxygen atoms in total. The number of benzene rings is 5. The Morgan fingerprint density at radius 1 is 0.586 bits per heavy atom. The number of rotatable bonds is 2. The number of hydrogen-bond donors (Lipinski definition) is 1. The summed E-state index contributed by atoms with van der Waals surface area (Å²) in [5, 5.41) is 18.7. The molecule has 0 radical (unpaired) electrons. The monoisotopic (exact) mass is 371 g/mol. The average Bonchev–Trinajstić information content (AvgIpc) is 2.77. The zero-order valence-corrected chi connectivity index (χ0v) is 15.6. The minimum atomic E-state index is 0.209. The molecule has 0 unspecified atom stereocenters. The maximum Gasteiger partial charge on any atom is 0.141 e. The first-order chi connectivity index (χ1) is 14.3. The first-order valence-electron chi connectivity index (χ1n) is 9.71. The number of para-hydroxylation sites is 1. The van der Waals surface area contributed by atoms with Crippen LogP contribution in [0.2, 0.25) is 0 Å². The molecule has 2 heteroatoms. The molecule has 0 fully saturated rings. The Kier molecular flexibility index (Phi) is 3.35. The summed E-state index contributed by atoms with van der Waals surface area (Å²) in [5.41, 5.74) is 2.62. The van der Waals surface area contributed by atoms with Gasteiger partial charge in [0.05, 0.1) is 5.69 Å². The van der Waals surface area contributed by atoms with E-state index < -0.39 is 0 Å². The van der Waals surface area contributed by atoms with E-state index in [1.165, 1.54) is 32.3 Å². The van der Waals surface area contributed by atoms with E-state index in [2.05, 4.69) is 65.7 Å². The van der Waals surface area contributed by atoms with Gasteiger partial charge in [0.2, 0.25) is 0 Å². The molecule has 6 aromatic rings. The van der Waals surface area contributed by atoms with Crippen molar-refractivity contribution in [1.29, 1.82) is 0 Å². The van der Waals surface area contributed by atoms with Gasteiger partial charge in [0, 0.05) is 5.39 Å². The van der Waals surface area contributed by atoms with E-state index in [0.717, 1.165) is 16.6 Å². The molecule has 6 rings (SSSR count). The Hall–Kier alpha value is -3.91. The van der Waals surface area contributed by atoms with E-state index >= 15 is 0 Å². The van der Waals surface area contributed by atoms with Crippen LogP contribution in [0.3, 0.4) is 0 Å². The summed E-state index contributed by atoms with van der Waals surface area (Å²) in [6, 6.07) is 29.1. The lowest BCUT2D eigenvalue weighted by Crippen LogP contribution is -1.86. The molecule has 1 aromatic heterocycles. The standard InChI is InChI=1S/C27H17NO/c29-24-6-2-5-21-12-15-22(28-27(21)24)14-11-17-7-8-20-10-9-18-3-1-4-19-13-16-23(17)26(20)25(18)19/h1-16,29H. The predicted octanol–water partition coefficient (Wildman–Crippen LogP) is 7.01. The molecule has 0 aliphatic heterocycles. The van der Waals surface area contributed by atoms with E-state index in [-0.39, 0.29) is 5.75 Å². The zero-order chi connectivity index (χ0) is 19.4. The van der Waals surface area contributed by atoms with Gasteiger partial charge in [-0.3, -0.25) is 0 Å². The summed E-state index contributed by atoms with van der Waals surface area (Å²) in [6.45, 7) is 0. The number of fused-ring (bicyclic) bond motifs is 1. The van der Waals surface area contributed by atoms with Gasteiger partial charge in [0.15, 0.2) is 0 Å². The van der Waals surface area contributed by atoms with Gasteiger partial charge in [-0.1, -0.05) is 78.9 Å². The molecule has 0 saturated carbocycles. The molecule has 136 valence electrons. The number of phenols is 1. The maximum atomic E-state index is 10.1. The lowest BCUT2D eigenvalue weighted by molar-refractivity contribution is 0.480. The van der Waals surface area contributed by atoms with Crippen molar-refractivity contribution in [3.8, 4) is 5.75 Å². The minimum absolute atomic E-state index is 0.209. The Balaban J connectivity index is 1.53. The molecule has 0 amide bonds. The zero-order valence-electron chi connectivity index (χ0n) is 15.6. The summed E-state index contributed by atoms with van der Waals surface area (Å²) in [5.74, 6) is 0.209. The van der Waals surface area contributed by atoms with Gasteiger partial charge in [-0.2, -0.15) is 0 Å². The van der Waals surface area contributed by atoms with Crippen molar-refractivity contribution in [3.63, 3.8) is 0 Å². The molecule has 5 aromatic carbocycles. The number of nitrogens with zero attached hydrogens (tertiary/aromatic N) is 1. The van der Waals surface area contributed by atoms with Crippen LogP contribution < -0.4 is 0 Å². The van der Waals surface area contributed by atoms with Crippen LogP contribution in [-0.2, 0) is 0 Å². The fraction of sp³-hybridized carbons (Fsp3) is 0. The molecule has 1 heterocycles. The Morgan fingerprint density at radius 2 is 1.24 bits per heavy atom. The lowest BCUT2D eigenvalue weighted by atomic mass is 9.92. The normalized spacial score (nSPS) is 12.1. The highest BCUT2D eigenvalue weighted by molar-refractivity contribution is 6.24. The van der Waals surface area contributed by atoms with Crippen LogP contribution in [0.4, 0.5) is 0 Å². The number of pyridine rings is 1. The minimum Gasteiger partial charge on any atom is -0.506 e. The summed E-state index contributed by atoms with van der Waals surface area (Å²) in [4.78, 5) is 4.61. The van der Waals surface area contributed by atoms with Crippen LogP contribution in [0.25, 0.3) is 55.4 Å². The highest BCUT2D eigenvalue weighted by Gasteiger charge is 2.09. The second kappa shape index (κ2) is 6.05. The number of aromatic nitrogens is 1. The van der Waals surface area contributed by atoms with Crippen molar-refractivity contribution in [2.45, 2.75) is 0 Å². The molecular weight excluding hydrogens is 354 g/mol. The summed E-state index contributed by atoms with van der Waals surface area (Å²) in [7, 11) is 0. The molecule has 1 N–H and O–H groups in total. The Morgan fingerprint density at radius 3 is 2.10 bits per heavy atom. The molecule has 0 spiro atoms. The first-order valence-corrected chi connectivity index (χ1v) is 9.71. The molecule has 0 saturated heterocycles. The van der Waals surface area contributed by atoms with E-state index in [1.807, 2.05) is 30.3 Å². The first kappa shape index (κ1) is 16.1. The van der Waals surface area contributed by atoms with E-state index in [4.69, 9.17) is 0 Å². The third-order valence-corrected chi connectivity index (χ3v) is 5.72. The number of aromatic hydroxyl groups is 1. The van der Waals surface area contributed by atoms with Crippen LogP contribution in [-0.4, -0.2) is 10.1 Å². The third kappa shape index (κ3) is 2.46. The van der Waals surface area contributed by atoms with Crippen LogP contribution in [0, 0.1) is 0 Å². The molecule has 0 bridgehead atoms. The van der Waals surface area contributed by atoms with Gasteiger partial charge in [-0.05, 0) is 56.1 Å². The lowest BCUT2D eigenvalue weighted by Gasteiger charge is -2.12. The summed E-state index contributed by atoms with van der Waals surface area (Å²) < 4.78 is 0. The Bertz CT molecular complexity index is 1550. The van der Waals surface area contributed by atoms with Crippen molar-refractivity contribution >= 4 is 55.4 Å². The third-order valence-electron chi connectivity index (χ3n) is 5.72. The van der Waals surface area contributed by atoms with Gasteiger partial charge in [-0.15, -0.1) is 0 Å². The molecule has 29 heavy (non-hydrogen) atoms. The number of phenolic OH excluding ortho intramolecular Hbond substituents is 1. The molecule has 0 atom stereocenters. The number of hydrogen-bond acceptors (Lipinski definition) is 2. The quantitative estimate of drug-likeness (QED) is 0.332. The average molecular weight is 371 g/mol. The van der Waals surface area contributed by atoms with Crippen molar-refractivity contribution in [2.75, 3.05) is 0 Å².